The molecule has 0 unspecified atom stereocenters. The summed E-state index contributed by atoms with van der Waals surface area (Å²) >= 11 is 3.53. The van der Waals surface area contributed by atoms with Crippen molar-refractivity contribution < 1.29 is 4.57 Å². The number of rotatable bonds is 5. The molecular weight excluding hydrogens is 568 g/mol. The van der Waals surface area contributed by atoms with Crippen molar-refractivity contribution >= 4 is 45.7 Å². The summed E-state index contributed by atoms with van der Waals surface area (Å²) in [5, 5.41) is 2.86. The molecule has 5 aromatic carbocycles. The van der Waals surface area contributed by atoms with Gasteiger partial charge in [0.2, 0.25) is 0 Å². The molecule has 0 saturated heterocycles. The number of hydrogen-bond donors (Lipinski definition) is 0. The van der Waals surface area contributed by atoms with Gasteiger partial charge in [0, 0.05) is 25.7 Å². The Morgan fingerprint density at radius 2 is 0.714 bits per heavy atom. The molecule has 1 aliphatic rings. The van der Waals surface area contributed by atoms with Gasteiger partial charge in [0.25, 0.3) is 0 Å². The van der Waals surface area contributed by atoms with E-state index >= 15 is 4.57 Å². The van der Waals surface area contributed by atoms with Gasteiger partial charge in [-0.25, -0.2) is 0 Å². The van der Waals surface area contributed by atoms with Crippen molar-refractivity contribution in [2.24, 2.45) is 0 Å². The zero-order chi connectivity index (χ0) is 28.1. The molecule has 0 radical (unpaired) electrons. The highest BCUT2D eigenvalue weighted by atomic mass is 32.1. The van der Waals surface area contributed by atoms with Gasteiger partial charge < -0.3 is 4.57 Å². The van der Waals surface area contributed by atoms with Gasteiger partial charge in [-0.3, -0.25) is 0 Å². The Morgan fingerprint density at radius 1 is 0.381 bits per heavy atom. The average Bonchev–Trinajstić information content (AvgIpc) is 3.76. The van der Waals surface area contributed by atoms with E-state index in [1.165, 1.54) is 22.3 Å². The minimum Gasteiger partial charge on any atom is -0.309 e. The number of fused-ring (bicyclic) bond motifs is 3. The quantitative estimate of drug-likeness (QED) is 0.182. The lowest BCUT2D eigenvalue weighted by atomic mass is 10.0. The molecule has 0 saturated carbocycles. The van der Waals surface area contributed by atoms with E-state index in [9.17, 15) is 0 Å². The van der Waals surface area contributed by atoms with Gasteiger partial charge in [0.15, 0.2) is 7.14 Å². The molecule has 3 heterocycles. The molecule has 0 aliphatic carbocycles. The molecule has 0 bridgehead atoms. The van der Waals surface area contributed by atoms with Crippen LogP contribution in [0.2, 0.25) is 0 Å². The third-order valence-corrected chi connectivity index (χ3v) is 13.9. The second-order valence-corrected chi connectivity index (χ2v) is 15.3. The fourth-order valence-corrected chi connectivity index (χ4v) is 12.3. The molecule has 0 fully saturated rings. The monoisotopic (exact) mass is 592 g/mol. The largest absolute Gasteiger partial charge is 0.309 e. The van der Waals surface area contributed by atoms with E-state index in [0.717, 1.165) is 46.5 Å². The van der Waals surface area contributed by atoms with Crippen LogP contribution in [0, 0.1) is 0 Å². The zero-order valence-corrected chi connectivity index (χ0v) is 25.1. The summed E-state index contributed by atoms with van der Waals surface area (Å²) in [6, 6.07) is 52.8. The molecule has 0 amide bonds. The Hall–Kier alpha value is -4.27. The molecule has 4 heteroatoms. The molecular formula is C38H25OPS2. The molecule has 200 valence electrons. The van der Waals surface area contributed by atoms with Gasteiger partial charge in [-0.1, -0.05) is 140 Å². The highest BCUT2D eigenvalue weighted by Crippen LogP contribution is 2.58. The van der Waals surface area contributed by atoms with Crippen LogP contribution in [-0.4, -0.2) is 0 Å². The Morgan fingerprint density at radius 3 is 1.12 bits per heavy atom. The van der Waals surface area contributed by atoms with Crippen LogP contribution in [0.4, 0.5) is 0 Å². The lowest BCUT2D eigenvalue weighted by Gasteiger charge is -2.14. The maximum atomic E-state index is 15.2. The number of thiophene rings is 2. The maximum Gasteiger partial charge on any atom is 0.174 e. The summed E-state index contributed by atoms with van der Waals surface area (Å²) in [5.74, 6) is 0. The van der Waals surface area contributed by atoms with Crippen LogP contribution in [0.5, 0.6) is 0 Å². The smallest absolute Gasteiger partial charge is 0.174 e. The van der Waals surface area contributed by atoms with Crippen molar-refractivity contribution in [2.45, 2.75) is 0 Å². The maximum absolute atomic E-state index is 15.2. The fourth-order valence-electron chi connectivity index (χ4n) is 5.80. The molecule has 2 aromatic heterocycles. The summed E-state index contributed by atoms with van der Waals surface area (Å²) in [6.45, 7) is 0. The standard InChI is InChI=1S/C38H25OPS2/c39-40(32-14-8-3-9-15-32)33-24-35(30-20-16-28(17-21-30)26-10-4-1-5-11-26)41-37(33)38-34(40)25-36(42-38)31-22-18-29(19-23-31)27-12-6-2-7-13-27/h1-25H. The van der Waals surface area contributed by atoms with Crippen LogP contribution in [-0.2, 0) is 4.57 Å². The first-order valence-electron chi connectivity index (χ1n) is 13.9. The van der Waals surface area contributed by atoms with Crippen LogP contribution >= 0.6 is 29.8 Å². The van der Waals surface area contributed by atoms with Gasteiger partial charge >= 0.3 is 0 Å². The first kappa shape index (κ1) is 25.4. The van der Waals surface area contributed by atoms with E-state index in [1.807, 2.05) is 42.5 Å². The van der Waals surface area contributed by atoms with Crippen molar-refractivity contribution in [2.75, 3.05) is 0 Å². The SMILES string of the molecule is O=P1(c2ccccc2)c2cc(-c3ccc(-c4ccccc4)cc3)sc2-c2sc(-c3ccc(-c4ccccc4)cc3)cc21. The van der Waals surface area contributed by atoms with E-state index in [0.29, 0.717) is 0 Å². The van der Waals surface area contributed by atoms with Crippen LogP contribution < -0.4 is 15.9 Å². The van der Waals surface area contributed by atoms with E-state index in [1.54, 1.807) is 22.7 Å². The Kier molecular flexibility index (Phi) is 6.19. The van der Waals surface area contributed by atoms with Crippen LogP contribution in [0.25, 0.3) is 52.9 Å². The summed E-state index contributed by atoms with van der Waals surface area (Å²) in [6.07, 6.45) is 0. The first-order valence-corrected chi connectivity index (χ1v) is 17.3. The van der Waals surface area contributed by atoms with Crippen LogP contribution in [0.3, 0.4) is 0 Å². The highest BCUT2D eigenvalue weighted by molar-refractivity contribution is 7.87. The second-order valence-electron chi connectivity index (χ2n) is 10.5. The minimum absolute atomic E-state index is 0.901. The molecule has 0 N–H and O–H groups in total. The number of hydrogen-bond acceptors (Lipinski definition) is 3. The van der Waals surface area contributed by atoms with Crippen molar-refractivity contribution in [3.05, 3.63) is 152 Å². The van der Waals surface area contributed by atoms with Crippen molar-refractivity contribution in [3.8, 4) is 52.9 Å². The molecule has 1 aliphatic heterocycles. The Labute approximate surface area is 253 Å². The third kappa shape index (κ3) is 4.16. The molecule has 0 atom stereocenters. The van der Waals surface area contributed by atoms with Gasteiger partial charge in [-0.05, 0) is 45.5 Å². The zero-order valence-electron chi connectivity index (χ0n) is 22.6. The topological polar surface area (TPSA) is 17.1 Å². The number of benzene rings is 5. The van der Waals surface area contributed by atoms with Crippen LogP contribution in [0.15, 0.2) is 152 Å². The van der Waals surface area contributed by atoms with Gasteiger partial charge in [-0.2, -0.15) is 0 Å². The van der Waals surface area contributed by atoms with E-state index in [-0.39, 0.29) is 0 Å². The lowest BCUT2D eigenvalue weighted by Crippen LogP contribution is -2.19. The molecule has 8 rings (SSSR count). The summed E-state index contributed by atoms with van der Waals surface area (Å²) in [4.78, 5) is 4.61. The summed E-state index contributed by atoms with van der Waals surface area (Å²) in [5.41, 5.74) is 7.12. The minimum atomic E-state index is -3.00. The fraction of sp³-hybridized carbons (Fsp3) is 0. The van der Waals surface area contributed by atoms with E-state index < -0.39 is 7.14 Å². The Bertz CT molecular complexity index is 1940. The second kappa shape index (κ2) is 10.2. The average molecular weight is 593 g/mol. The van der Waals surface area contributed by atoms with Crippen molar-refractivity contribution in [1.82, 2.24) is 0 Å². The normalized spacial score (nSPS) is 13.0. The van der Waals surface area contributed by atoms with Gasteiger partial charge in [-0.15, -0.1) is 22.7 Å². The van der Waals surface area contributed by atoms with E-state index in [4.69, 9.17) is 0 Å². The third-order valence-electron chi connectivity index (χ3n) is 7.98. The highest BCUT2D eigenvalue weighted by Gasteiger charge is 2.43. The van der Waals surface area contributed by atoms with Gasteiger partial charge in [0.05, 0.1) is 9.75 Å². The molecule has 1 nitrogen and oxygen atoms in total. The van der Waals surface area contributed by atoms with Crippen LogP contribution in [0.1, 0.15) is 0 Å². The summed E-state index contributed by atoms with van der Waals surface area (Å²) < 4.78 is 15.2. The lowest BCUT2D eigenvalue weighted by molar-refractivity contribution is 0.593. The molecule has 7 aromatic rings. The van der Waals surface area contributed by atoms with Gasteiger partial charge in [0.1, 0.15) is 0 Å². The van der Waals surface area contributed by atoms with E-state index in [2.05, 4.69) is 109 Å². The van der Waals surface area contributed by atoms with Crippen molar-refractivity contribution in [1.29, 1.82) is 0 Å². The predicted molar refractivity (Wildman–Crippen MR) is 182 cm³/mol. The predicted octanol–water partition coefficient (Wildman–Crippen LogP) is 10.1. The van der Waals surface area contributed by atoms with Crippen molar-refractivity contribution in [3.63, 3.8) is 0 Å². The summed E-state index contributed by atoms with van der Waals surface area (Å²) in [7, 11) is -3.00. The Balaban J connectivity index is 1.22. The molecule has 0 spiro atoms. The molecule has 42 heavy (non-hydrogen) atoms. The first-order chi connectivity index (χ1) is 20.7.